The van der Waals surface area contributed by atoms with Gasteiger partial charge in [-0.15, -0.1) is 17.5 Å². The lowest BCUT2D eigenvalue weighted by molar-refractivity contribution is 0.585. The van der Waals surface area contributed by atoms with E-state index in [4.69, 9.17) is 0 Å². The third kappa shape index (κ3) is 2.03. The van der Waals surface area contributed by atoms with E-state index in [1.165, 1.54) is 0 Å². The molecule has 1 N–H and O–H groups in total. The first kappa shape index (κ1) is 12.0. The van der Waals surface area contributed by atoms with Crippen LogP contribution in [0.4, 0.5) is 5.82 Å². The number of nitrogens with zero attached hydrogens (tertiary/aromatic N) is 6. The van der Waals surface area contributed by atoms with Crippen LogP contribution in [0.1, 0.15) is 0 Å². The number of halogens is 1. The second-order valence-corrected chi connectivity index (χ2v) is 3.82. The molecule has 92 valence electrons. The van der Waals surface area contributed by atoms with Gasteiger partial charge in [0.1, 0.15) is 6.33 Å². The van der Waals surface area contributed by atoms with Gasteiger partial charge in [0, 0.05) is 33.2 Å². The highest BCUT2D eigenvalue weighted by molar-refractivity contribution is 5.85. The van der Waals surface area contributed by atoms with Gasteiger partial charge in [0.15, 0.2) is 17.0 Å². The molecule has 0 aromatic carbocycles. The van der Waals surface area contributed by atoms with Gasteiger partial charge in [-0.25, -0.2) is 14.6 Å². The van der Waals surface area contributed by atoms with Crippen molar-refractivity contribution in [3.63, 3.8) is 0 Å². The molecule has 2 aromatic heterocycles. The van der Waals surface area contributed by atoms with Crippen molar-refractivity contribution in [3.8, 4) is 0 Å². The van der Waals surface area contributed by atoms with E-state index in [0.29, 0.717) is 0 Å². The Balaban J connectivity index is 0.00000108. The quantitative estimate of drug-likeness (QED) is 0.747. The van der Waals surface area contributed by atoms with E-state index in [2.05, 4.69) is 30.5 Å². The number of piperazine rings is 1. The molecule has 8 heteroatoms. The molecular formula is C9H14ClN7. The Morgan fingerprint density at radius 1 is 1.24 bits per heavy atom. The summed E-state index contributed by atoms with van der Waals surface area (Å²) in [6.45, 7) is 3.85. The van der Waals surface area contributed by atoms with Crippen molar-refractivity contribution < 1.29 is 0 Å². The average Bonchev–Trinajstić information content (AvgIpc) is 2.73. The normalized spacial score (nSPS) is 15.9. The lowest BCUT2D eigenvalue weighted by Gasteiger charge is -2.28. The molecule has 1 aliphatic rings. The van der Waals surface area contributed by atoms with Gasteiger partial charge in [0.05, 0.1) is 0 Å². The highest BCUT2D eigenvalue weighted by atomic mass is 35.5. The minimum absolute atomic E-state index is 0. The molecule has 0 saturated carbocycles. The number of rotatable bonds is 1. The zero-order chi connectivity index (χ0) is 11.0. The summed E-state index contributed by atoms with van der Waals surface area (Å²) in [4.78, 5) is 10.7. The highest BCUT2D eigenvalue weighted by Crippen LogP contribution is 2.19. The summed E-state index contributed by atoms with van der Waals surface area (Å²) < 4.78 is 1.67. The molecular weight excluding hydrogens is 242 g/mol. The molecule has 0 unspecified atom stereocenters. The zero-order valence-corrected chi connectivity index (χ0v) is 10.3. The van der Waals surface area contributed by atoms with Gasteiger partial charge in [-0.05, 0) is 0 Å². The molecule has 1 saturated heterocycles. The summed E-state index contributed by atoms with van der Waals surface area (Å²) in [5, 5.41) is 11.4. The summed E-state index contributed by atoms with van der Waals surface area (Å²) >= 11 is 0. The van der Waals surface area contributed by atoms with Crippen LogP contribution in [-0.2, 0) is 7.05 Å². The molecule has 3 rings (SSSR count). The molecule has 0 bridgehead atoms. The van der Waals surface area contributed by atoms with Crippen molar-refractivity contribution in [3.05, 3.63) is 6.33 Å². The fourth-order valence-corrected chi connectivity index (χ4v) is 1.95. The second kappa shape index (κ2) is 4.80. The maximum absolute atomic E-state index is 4.32. The number of hydrogen-bond donors (Lipinski definition) is 1. The van der Waals surface area contributed by atoms with Crippen molar-refractivity contribution >= 4 is 29.4 Å². The van der Waals surface area contributed by atoms with Crippen LogP contribution in [0.3, 0.4) is 0 Å². The lowest BCUT2D eigenvalue weighted by atomic mass is 10.3. The monoisotopic (exact) mass is 255 g/mol. The van der Waals surface area contributed by atoms with E-state index in [-0.39, 0.29) is 12.4 Å². The highest BCUT2D eigenvalue weighted by Gasteiger charge is 2.17. The number of nitrogens with one attached hydrogen (secondary N) is 1. The van der Waals surface area contributed by atoms with Crippen LogP contribution in [0, 0.1) is 0 Å². The predicted octanol–water partition coefficient (Wildman–Crippen LogP) is -0.410. The van der Waals surface area contributed by atoms with Gasteiger partial charge in [0.25, 0.3) is 0 Å². The summed E-state index contributed by atoms with van der Waals surface area (Å²) in [7, 11) is 1.84. The average molecular weight is 256 g/mol. The van der Waals surface area contributed by atoms with E-state index in [9.17, 15) is 0 Å². The first-order valence-corrected chi connectivity index (χ1v) is 5.32. The van der Waals surface area contributed by atoms with Crippen LogP contribution in [0.25, 0.3) is 11.2 Å². The number of aromatic nitrogens is 5. The SMILES string of the molecule is Cl.Cn1nnc2c(N3CCNCC3)ncnc21. The van der Waals surface area contributed by atoms with Crippen LogP contribution in [0.15, 0.2) is 6.33 Å². The van der Waals surface area contributed by atoms with Crippen molar-refractivity contribution in [1.82, 2.24) is 30.3 Å². The standard InChI is InChI=1S/C9H13N7.ClH/c1-15-8-7(13-14-15)9(12-6-11-8)16-4-2-10-3-5-16;/h6,10H,2-5H2,1H3;1H. The van der Waals surface area contributed by atoms with Gasteiger partial charge in [-0.1, -0.05) is 5.21 Å². The molecule has 2 aromatic rings. The summed E-state index contributed by atoms with van der Waals surface area (Å²) in [5.41, 5.74) is 1.57. The number of fused-ring (bicyclic) bond motifs is 1. The van der Waals surface area contributed by atoms with Crippen LogP contribution >= 0.6 is 12.4 Å². The molecule has 0 amide bonds. The minimum atomic E-state index is 0. The molecule has 0 atom stereocenters. The van der Waals surface area contributed by atoms with E-state index < -0.39 is 0 Å². The molecule has 3 heterocycles. The summed E-state index contributed by atoms with van der Waals surface area (Å²) in [6.07, 6.45) is 1.57. The Hall–Kier alpha value is -1.47. The van der Waals surface area contributed by atoms with Crippen LogP contribution in [0.2, 0.25) is 0 Å². The molecule has 1 fully saturated rings. The predicted molar refractivity (Wildman–Crippen MR) is 66.4 cm³/mol. The fourth-order valence-electron chi connectivity index (χ4n) is 1.95. The first-order chi connectivity index (χ1) is 7.86. The van der Waals surface area contributed by atoms with Crippen LogP contribution in [0.5, 0.6) is 0 Å². The smallest absolute Gasteiger partial charge is 0.183 e. The Kier molecular flexibility index (Phi) is 3.39. The molecule has 17 heavy (non-hydrogen) atoms. The van der Waals surface area contributed by atoms with E-state index in [1.54, 1.807) is 11.0 Å². The van der Waals surface area contributed by atoms with Crippen molar-refractivity contribution in [2.75, 3.05) is 31.1 Å². The topological polar surface area (TPSA) is 71.8 Å². The van der Waals surface area contributed by atoms with Gasteiger partial charge < -0.3 is 10.2 Å². The van der Waals surface area contributed by atoms with Crippen molar-refractivity contribution in [2.45, 2.75) is 0 Å². The maximum Gasteiger partial charge on any atom is 0.183 e. The fraction of sp³-hybridized carbons (Fsp3) is 0.556. The van der Waals surface area contributed by atoms with Gasteiger partial charge in [-0.2, -0.15) is 0 Å². The zero-order valence-electron chi connectivity index (χ0n) is 9.50. The van der Waals surface area contributed by atoms with E-state index in [1.807, 2.05) is 7.05 Å². The maximum atomic E-state index is 4.32. The van der Waals surface area contributed by atoms with Crippen LogP contribution in [-0.4, -0.2) is 51.1 Å². The second-order valence-electron chi connectivity index (χ2n) is 3.82. The number of hydrogen-bond acceptors (Lipinski definition) is 6. The van der Waals surface area contributed by atoms with Crippen molar-refractivity contribution in [2.24, 2.45) is 7.05 Å². The van der Waals surface area contributed by atoms with E-state index in [0.717, 1.165) is 43.2 Å². The Morgan fingerprint density at radius 3 is 2.76 bits per heavy atom. The molecule has 7 nitrogen and oxygen atoms in total. The largest absolute Gasteiger partial charge is 0.352 e. The molecule has 0 aliphatic carbocycles. The summed E-state index contributed by atoms with van der Waals surface area (Å²) in [5.74, 6) is 0.889. The van der Waals surface area contributed by atoms with Gasteiger partial charge >= 0.3 is 0 Å². The van der Waals surface area contributed by atoms with E-state index >= 15 is 0 Å². The third-order valence-corrected chi connectivity index (χ3v) is 2.79. The summed E-state index contributed by atoms with van der Waals surface area (Å²) in [6, 6.07) is 0. The Labute approximate surface area is 105 Å². The molecule has 0 radical (unpaired) electrons. The third-order valence-electron chi connectivity index (χ3n) is 2.79. The number of anilines is 1. The number of aryl methyl sites for hydroxylation is 1. The van der Waals surface area contributed by atoms with Crippen molar-refractivity contribution in [1.29, 1.82) is 0 Å². The Morgan fingerprint density at radius 2 is 2.00 bits per heavy atom. The first-order valence-electron chi connectivity index (χ1n) is 5.32. The van der Waals surface area contributed by atoms with Crippen LogP contribution < -0.4 is 10.2 Å². The molecule has 1 aliphatic heterocycles. The lowest BCUT2D eigenvalue weighted by Crippen LogP contribution is -2.44. The van der Waals surface area contributed by atoms with Gasteiger partial charge in [0.2, 0.25) is 0 Å². The minimum Gasteiger partial charge on any atom is -0.352 e. The van der Waals surface area contributed by atoms with Gasteiger partial charge in [-0.3, -0.25) is 0 Å². The molecule has 0 spiro atoms. The Bertz CT molecular complexity index is 505.